The summed E-state index contributed by atoms with van der Waals surface area (Å²) in [4.78, 5) is 37.9. The first-order valence-corrected chi connectivity index (χ1v) is 6.62. The van der Waals surface area contributed by atoms with Gasteiger partial charge < -0.3 is 14.2 Å². The molecule has 1 heterocycles. The normalized spacial score (nSPS) is 38.5. The monoisotopic (exact) mass is 291 g/mol. The smallest absolute Gasteiger partial charge is 0.418 e. The fraction of sp³-hybridized carbons (Fsp3) is 0.571. The molecule has 2 aliphatic carbocycles. The summed E-state index contributed by atoms with van der Waals surface area (Å²) >= 11 is 0. The molecule has 7 nitrogen and oxygen atoms in total. The van der Waals surface area contributed by atoms with Crippen LogP contribution in [0.1, 0.15) is 12.8 Å². The number of ether oxygens (including phenoxy) is 3. The van der Waals surface area contributed by atoms with Gasteiger partial charge >= 0.3 is 23.6 Å². The highest BCUT2D eigenvalue weighted by molar-refractivity contribution is 5.84. The molecule has 21 heavy (non-hydrogen) atoms. The third-order valence-electron chi connectivity index (χ3n) is 4.47. The molecule has 5 atom stereocenters. The van der Waals surface area contributed by atoms with Gasteiger partial charge in [0.15, 0.2) is 6.61 Å². The van der Waals surface area contributed by atoms with Crippen molar-refractivity contribution in [3.63, 3.8) is 0 Å². The van der Waals surface area contributed by atoms with E-state index in [-0.39, 0.29) is 23.7 Å². The number of hydrogen-bond acceptors (Lipinski definition) is 6. The third kappa shape index (κ3) is 1.82. The average Bonchev–Trinajstić information content (AvgIpc) is 3.07. The van der Waals surface area contributed by atoms with Crippen LogP contribution < -0.4 is 0 Å². The molecule has 1 aliphatic heterocycles. The van der Waals surface area contributed by atoms with Crippen molar-refractivity contribution in [2.24, 2.45) is 17.8 Å². The van der Waals surface area contributed by atoms with Gasteiger partial charge in [-0.05, 0) is 12.8 Å². The van der Waals surface area contributed by atoms with E-state index in [0.717, 1.165) is 6.08 Å². The molecule has 7 heteroatoms. The summed E-state index contributed by atoms with van der Waals surface area (Å²) in [6, 6.07) is 0. The number of carbonyl (C=O) groups excluding carboxylic acids is 3. The average molecular weight is 291 g/mol. The summed E-state index contributed by atoms with van der Waals surface area (Å²) in [5.74, 6) is -2.38. The molecule has 0 aromatic rings. The number of carbonyl (C=O) groups is 3. The summed E-state index contributed by atoms with van der Waals surface area (Å²) in [7, 11) is 0. The summed E-state index contributed by atoms with van der Waals surface area (Å²) in [5.41, 5.74) is -1.39. The second kappa shape index (κ2) is 4.58. The zero-order chi connectivity index (χ0) is 15.2. The Morgan fingerprint density at radius 1 is 1.52 bits per heavy atom. The third-order valence-corrected chi connectivity index (χ3v) is 4.47. The lowest BCUT2D eigenvalue weighted by Gasteiger charge is -2.27. The van der Waals surface area contributed by atoms with Gasteiger partial charge in [-0.2, -0.15) is 0 Å². The summed E-state index contributed by atoms with van der Waals surface area (Å²) in [6.07, 6.45) is 1.38. The highest BCUT2D eigenvalue weighted by atomic mass is 16.6. The van der Waals surface area contributed by atoms with Crippen molar-refractivity contribution in [1.29, 1.82) is 0 Å². The van der Waals surface area contributed by atoms with Crippen LogP contribution in [0.25, 0.3) is 4.85 Å². The molecule has 5 unspecified atom stereocenters. The number of esters is 3. The van der Waals surface area contributed by atoms with Gasteiger partial charge in [0, 0.05) is 12.0 Å². The molecule has 0 aromatic carbocycles. The van der Waals surface area contributed by atoms with Crippen molar-refractivity contribution < 1.29 is 28.6 Å². The minimum atomic E-state index is -1.39. The molecule has 0 radical (unpaired) electrons. The quantitative estimate of drug-likeness (QED) is 0.324. The Morgan fingerprint density at radius 3 is 2.95 bits per heavy atom. The van der Waals surface area contributed by atoms with E-state index in [2.05, 4.69) is 16.2 Å². The predicted octanol–water partition coefficient (Wildman–Crippen LogP) is 0.456. The van der Waals surface area contributed by atoms with Gasteiger partial charge in [-0.15, -0.1) is 0 Å². The fourth-order valence-corrected chi connectivity index (χ4v) is 3.68. The Labute approximate surface area is 120 Å². The lowest BCUT2D eigenvalue weighted by Crippen LogP contribution is -2.46. The molecular weight excluding hydrogens is 278 g/mol. The Hall–Kier alpha value is -2.36. The molecular formula is C14H13NO6. The summed E-state index contributed by atoms with van der Waals surface area (Å²) in [5, 5.41) is 0. The zero-order valence-corrected chi connectivity index (χ0v) is 11.1. The molecule has 1 saturated heterocycles. The van der Waals surface area contributed by atoms with Crippen molar-refractivity contribution in [2.45, 2.75) is 24.7 Å². The van der Waals surface area contributed by atoms with Crippen LogP contribution in [0, 0.1) is 24.3 Å². The molecule has 0 spiro atoms. The van der Waals surface area contributed by atoms with Gasteiger partial charge in [0.05, 0.1) is 11.8 Å². The van der Waals surface area contributed by atoms with Crippen LogP contribution in [0.15, 0.2) is 12.7 Å². The molecule has 0 N–H and O–H groups in total. The molecule has 110 valence electrons. The highest BCUT2D eigenvalue weighted by Gasteiger charge is 2.78. The van der Waals surface area contributed by atoms with Gasteiger partial charge in [-0.3, -0.25) is 9.64 Å². The maximum atomic E-state index is 11.8. The van der Waals surface area contributed by atoms with E-state index in [1.54, 1.807) is 0 Å². The number of hydrogen-bond donors (Lipinski definition) is 0. The van der Waals surface area contributed by atoms with Crippen molar-refractivity contribution in [3.8, 4) is 0 Å². The summed E-state index contributed by atoms with van der Waals surface area (Å²) < 4.78 is 15.1. The van der Waals surface area contributed by atoms with E-state index < -0.39 is 30.4 Å². The first-order valence-electron chi connectivity index (χ1n) is 6.62. The van der Waals surface area contributed by atoms with Gasteiger partial charge in [0.1, 0.15) is 0 Å². The molecule has 2 bridgehead atoms. The van der Waals surface area contributed by atoms with Crippen LogP contribution in [0.4, 0.5) is 0 Å². The van der Waals surface area contributed by atoms with Crippen LogP contribution >= 0.6 is 0 Å². The molecule has 2 saturated carbocycles. The van der Waals surface area contributed by atoms with E-state index >= 15 is 0 Å². The number of nitrogens with zero attached hydrogens (tertiary/aromatic N) is 1. The van der Waals surface area contributed by atoms with Crippen LogP contribution in [-0.2, 0) is 28.6 Å². The van der Waals surface area contributed by atoms with E-state index in [1.807, 2.05) is 0 Å². The molecule has 3 aliphatic rings. The minimum Gasteiger partial charge on any atom is -0.451 e. The molecule has 3 rings (SSSR count). The number of fused-ring (bicyclic) bond motifs is 1. The van der Waals surface area contributed by atoms with Crippen molar-refractivity contribution in [3.05, 3.63) is 24.1 Å². The van der Waals surface area contributed by atoms with Crippen molar-refractivity contribution in [1.82, 2.24) is 0 Å². The van der Waals surface area contributed by atoms with E-state index in [1.165, 1.54) is 0 Å². The minimum absolute atomic E-state index is 0.0559. The van der Waals surface area contributed by atoms with Crippen LogP contribution in [0.2, 0.25) is 0 Å². The maximum Gasteiger partial charge on any atom is 0.418 e. The molecule has 0 amide bonds. The Balaban J connectivity index is 1.70. The van der Waals surface area contributed by atoms with Crippen molar-refractivity contribution >= 4 is 17.9 Å². The summed E-state index contributed by atoms with van der Waals surface area (Å²) in [6.45, 7) is 10.0. The lowest BCUT2D eigenvalue weighted by molar-refractivity contribution is -0.175. The second-order valence-electron chi connectivity index (χ2n) is 5.45. The van der Waals surface area contributed by atoms with E-state index in [0.29, 0.717) is 12.8 Å². The maximum absolute atomic E-state index is 11.8. The van der Waals surface area contributed by atoms with Gasteiger partial charge in [0.2, 0.25) is 6.10 Å². The zero-order valence-electron chi connectivity index (χ0n) is 11.1. The lowest BCUT2D eigenvalue weighted by atomic mass is 9.84. The largest absolute Gasteiger partial charge is 0.451 e. The van der Waals surface area contributed by atoms with Gasteiger partial charge in [-0.25, -0.2) is 16.2 Å². The van der Waals surface area contributed by atoms with Crippen LogP contribution in [-0.4, -0.2) is 36.3 Å². The number of rotatable bonds is 4. The van der Waals surface area contributed by atoms with Crippen molar-refractivity contribution in [2.75, 3.05) is 6.61 Å². The first kappa shape index (κ1) is 13.6. The molecule has 0 aromatic heterocycles. The fourth-order valence-electron chi connectivity index (χ4n) is 3.68. The SMILES string of the molecule is [C-]#[N+]C12OC(=O)C3CC(CC31)C2OC(=O)COC(=O)C=C. The predicted molar refractivity (Wildman–Crippen MR) is 66.2 cm³/mol. The van der Waals surface area contributed by atoms with Crippen LogP contribution in [0.3, 0.4) is 0 Å². The standard InChI is InChI=1S/C14H13NO6/c1-3-10(16)19-6-11(17)20-12-7-4-8-9(5-7)14(12,15-2)21-13(8)18/h3,7-9,12H,1,4-6H2. The Bertz CT molecular complexity index is 579. The van der Waals surface area contributed by atoms with E-state index in [4.69, 9.17) is 16.0 Å². The molecule has 3 fully saturated rings. The van der Waals surface area contributed by atoms with E-state index in [9.17, 15) is 14.4 Å². The highest BCUT2D eigenvalue weighted by Crippen LogP contribution is 2.61. The van der Waals surface area contributed by atoms with Gasteiger partial charge in [-0.1, -0.05) is 6.58 Å². The van der Waals surface area contributed by atoms with Crippen LogP contribution in [0.5, 0.6) is 0 Å². The Kier molecular flexibility index (Phi) is 2.97. The topological polar surface area (TPSA) is 83.3 Å². The van der Waals surface area contributed by atoms with Gasteiger partial charge in [0.25, 0.3) is 0 Å². The first-order chi connectivity index (χ1) is 10.0. The second-order valence-corrected chi connectivity index (χ2v) is 5.45. The Morgan fingerprint density at radius 2 is 2.29 bits per heavy atom.